The van der Waals surface area contributed by atoms with E-state index >= 15 is 0 Å². The molecular formula is C22H25ClN2O5S. The third-order valence-electron chi connectivity index (χ3n) is 6.83. The summed E-state index contributed by atoms with van der Waals surface area (Å²) in [7, 11) is 0. The van der Waals surface area contributed by atoms with Gasteiger partial charge in [-0.1, -0.05) is 36.7 Å². The molecule has 0 aromatic heterocycles. The first-order valence-corrected chi connectivity index (χ1v) is 11.5. The fourth-order valence-corrected chi connectivity index (χ4v) is 8.33. The number of likely N-dealkylation sites (tertiary alicyclic amines) is 1. The van der Waals surface area contributed by atoms with Gasteiger partial charge in [-0.15, -0.1) is 18.3 Å². The molecule has 7 nitrogen and oxygen atoms in total. The van der Waals surface area contributed by atoms with E-state index < -0.39 is 28.6 Å². The van der Waals surface area contributed by atoms with Gasteiger partial charge in [0, 0.05) is 18.3 Å². The molecule has 3 saturated heterocycles. The minimum Gasteiger partial charge on any atom is -0.481 e. The second-order valence-corrected chi connectivity index (χ2v) is 10.3. The number of thioether (sulfide) groups is 1. The molecule has 1 spiro atoms. The third-order valence-corrected chi connectivity index (χ3v) is 9.22. The molecule has 2 N–H and O–H groups in total. The zero-order valence-corrected chi connectivity index (χ0v) is 18.7. The highest BCUT2D eigenvalue weighted by Gasteiger charge is 2.76. The molecule has 3 unspecified atom stereocenters. The van der Waals surface area contributed by atoms with Crippen LogP contribution >= 0.6 is 23.4 Å². The van der Waals surface area contributed by atoms with E-state index in [0.29, 0.717) is 17.1 Å². The van der Waals surface area contributed by atoms with E-state index in [1.54, 1.807) is 30.3 Å². The fraction of sp³-hybridized carbons (Fsp3) is 0.500. The topological polar surface area (TPSA) is 98.2 Å². The van der Waals surface area contributed by atoms with Crippen LogP contribution in [0.3, 0.4) is 0 Å². The van der Waals surface area contributed by atoms with Gasteiger partial charge in [0.2, 0.25) is 5.91 Å². The number of hydrogen-bond acceptors (Lipinski definition) is 5. The number of para-hydroxylation sites is 1. The van der Waals surface area contributed by atoms with Crippen molar-refractivity contribution in [1.82, 2.24) is 4.90 Å². The fourth-order valence-electron chi connectivity index (χ4n) is 5.68. The molecule has 0 radical (unpaired) electrons. The predicted octanol–water partition coefficient (Wildman–Crippen LogP) is 2.27. The summed E-state index contributed by atoms with van der Waals surface area (Å²) in [6.07, 6.45) is 2.22. The number of halogens is 1. The van der Waals surface area contributed by atoms with E-state index in [2.05, 4.69) is 6.58 Å². The molecule has 3 aliphatic rings. The largest absolute Gasteiger partial charge is 0.481 e. The van der Waals surface area contributed by atoms with Gasteiger partial charge in [0.25, 0.3) is 5.91 Å². The maximum absolute atomic E-state index is 14.0. The van der Waals surface area contributed by atoms with Gasteiger partial charge < -0.3 is 20.0 Å². The van der Waals surface area contributed by atoms with Crippen molar-refractivity contribution in [3.8, 4) is 0 Å². The summed E-state index contributed by atoms with van der Waals surface area (Å²) in [6, 6.07) is 6.07. The van der Waals surface area contributed by atoms with Crippen LogP contribution in [0.15, 0.2) is 36.9 Å². The van der Waals surface area contributed by atoms with E-state index in [1.807, 2.05) is 6.92 Å². The molecule has 4 rings (SSSR count). The Labute approximate surface area is 190 Å². The molecule has 2 bridgehead atoms. The molecule has 3 aliphatic heterocycles. The Kier molecular flexibility index (Phi) is 5.83. The number of benzene rings is 1. The van der Waals surface area contributed by atoms with Gasteiger partial charge in [0.05, 0.1) is 33.9 Å². The van der Waals surface area contributed by atoms with Crippen molar-refractivity contribution in [2.24, 2.45) is 17.8 Å². The molecule has 9 heteroatoms. The van der Waals surface area contributed by atoms with Crippen molar-refractivity contribution in [2.45, 2.75) is 29.4 Å². The SMILES string of the molecule is C=CCN(C(=O)C1N(CCO)C(=O)[C@@H]2[C@@H](C(=O)O)[C@H]3CC(C)C12S3)c1ccccc1Cl. The number of carbonyl (C=O) groups is 3. The lowest BCUT2D eigenvalue weighted by molar-refractivity contribution is -0.149. The monoisotopic (exact) mass is 464 g/mol. The smallest absolute Gasteiger partial charge is 0.308 e. The van der Waals surface area contributed by atoms with E-state index in [0.717, 1.165) is 0 Å². The molecule has 166 valence electrons. The van der Waals surface area contributed by atoms with Crippen LogP contribution < -0.4 is 4.90 Å². The Morgan fingerprint density at radius 2 is 2.13 bits per heavy atom. The van der Waals surface area contributed by atoms with E-state index in [-0.39, 0.29) is 42.7 Å². The number of amides is 2. The maximum Gasteiger partial charge on any atom is 0.308 e. The van der Waals surface area contributed by atoms with Gasteiger partial charge >= 0.3 is 5.97 Å². The summed E-state index contributed by atoms with van der Waals surface area (Å²) in [5.74, 6) is -3.35. The van der Waals surface area contributed by atoms with Crippen LogP contribution in [0.4, 0.5) is 5.69 Å². The molecule has 2 amide bonds. The summed E-state index contributed by atoms with van der Waals surface area (Å²) >= 11 is 7.85. The number of hydrogen-bond donors (Lipinski definition) is 2. The molecule has 0 saturated carbocycles. The maximum atomic E-state index is 14.0. The molecule has 1 aromatic carbocycles. The summed E-state index contributed by atoms with van der Waals surface area (Å²) in [5.41, 5.74) is 0.505. The van der Waals surface area contributed by atoms with Gasteiger partial charge in [0.1, 0.15) is 6.04 Å². The van der Waals surface area contributed by atoms with Gasteiger partial charge in [-0.05, 0) is 24.5 Å². The number of nitrogens with zero attached hydrogens (tertiary/aromatic N) is 2. The van der Waals surface area contributed by atoms with Crippen LogP contribution in [0.5, 0.6) is 0 Å². The lowest BCUT2D eigenvalue weighted by Gasteiger charge is -2.40. The summed E-state index contributed by atoms with van der Waals surface area (Å²) in [5, 5.41) is 19.7. The Morgan fingerprint density at radius 1 is 1.42 bits per heavy atom. The Morgan fingerprint density at radius 3 is 2.74 bits per heavy atom. The van der Waals surface area contributed by atoms with E-state index in [4.69, 9.17) is 11.6 Å². The lowest BCUT2D eigenvalue weighted by atomic mass is 9.66. The second-order valence-electron chi connectivity index (χ2n) is 8.34. The third kappa shape index (κ3) is 3.10. The van der Waals surface area contributed by atoms with Gasteiger partial charge in [-0.25, -0.2) is 0 Å². The van der Waals surface area contributed by atoms with Crippen LogP contribution in [-0.2, 0) is 14.4 Å². The number of carboxylic acid groups (broad SMARTS) is 1. The van der Waals surface area contributed by atoms with Crippen molar-refractivity contribution < 1.29 is 24.6 Å². The van der Waals surface area contributed by atoms with Gasteiger partial charge in [0.15, 0.2) is 0 Å². The number of carbonyl (C=O) groups excluding carboxylic acids is 2. The van der Waals surface area contributed by atoms with Crippen molar-refractivity contribution in [3.63, 3.8) is 0 Å². The first-order valence-electron chi connectivity index (χ1n) is 10.3. The van der Waals surface area contributed by atoms with Gasteiger partial charge in [-0.3, -0.25) is 14.4 Å². The number of carboxylic acids is 1. The molecular weight excluding hydrogens is 440 g/mol. The highest BCUT2D eigenvalue weighted by molar-refractivity contribution is 8.02. The Bertz CT molecular complexity index is 942. The molecule has 3 fully saturated rings. The van der Waals surface area contributed by atoms with Crippen LogP contribution in [0.25, 0.3) is 0 Å². The number of aliphatic hydroxyl groups excluding tert-OH is 1. The average molecular weight is 465 g/mol. The summed E-state index contributed by atoms with van der Waals surface area (Å²) in [4.78, 5) is 42.5. The Hall–Kier alpha value is -2.03. The molecule has 3 heterocycles. The first-order chi connectivity index (χ1) is 14.8. The lowest BCUT2D eigenvalue weighted by Crippen LogP contribution is -2.57. The highest BCUT2D eigenvalue weighted by Crippen LogP contribution is 2.68. The van der Waals surface area contributed by atoms with Crippen molar-refractivity contribution in [1.29, 1.82) is 0 Å². The van der Waals surface area contributed by atoms with Crippen LogP contribution in [0.2, 0.25) is 5.02 Å². The second kappa shape index (κ2) is 8.15. The average Bonchev–Trinajstić information content (AvgIpc) is 3.31. The summed E-state index contributed by atoms with van der Waals surface area (Å²) in [6.45, 7) is 5.59. The van der Waals surface area contributed by atoms with Crippen molar-refractivity contribution in [3.05, 3.63) is 41.9 Å². The van der Waals surface area contributed by atoms with Crippen LogP contribution in [0.1, 0.15) is 13.3 Å². The highest BCUT2D eigenvalue weighted by atomic mass is 35.5. The standard InChI is InChI=1S/C22H25ClN2O5S/c1-3-8-24(14-7-5-4-6-13(14)23)20(28)18-22-12(2)11-15(31-22)16(21(29)30)17(22)19(27)25(18)9-10-26/h3-7,12,15-18,26H,1,8-11H2,2H3,(H,29,30)/t12?,15-,16+,17+,18?,22?/m1/s1. The predicted molar refractivity (Wildman–Crippen MR) is 119 cm³/mol. The van der Waals surface area contributed by atoms with E-state index in [1.165, 1.54) is 21.6 Å². The number of β-amino-alcohol motifs (C(OH)–C–C–N with tert-alkyl or cyclic N) is 1. The Balaban J connectivity index is 1.83. The quantitative estimate of drug-likeness (QED) is 0.601. The minimum atomic E-state index is -1.00. The number of aliphatic carboxylic acids is 1. The number of fused-ring (bicyclic) bond motifs is 1. The van der Waals surface area contributed by atoms with Gasteiger partial charge in [-0.2, -0.15) is 0 Å². The number of aliphatic hydroxyl groups is 1. The number of rotatable bonds is 7. The number of anilines is 1. The van der Waals surface area contributed by atoms with Crippen LogP contribution in [-0.4, -0.2) is 68.6 Å². The summed E-state index contributed by atoms with van der Waals surface area (Å²) < 4.78 is -0.849. The first kappa shape index (κ1) is 22.2. The van der Waals surface area contributed by atoms with Crippen LogP contribution in [0, 0.1) is 17.8 Å². The van der Waals surface area contributed by atoms with E-state index in [9.17, 15) is 24.6 Å². The van der Waals surface area contributed by atoms with Crippen molar-refractivity contribution in [2.75, 3.05) is 24.6 Å². The van der Waals surface area contributed by atoms with Crippen molar-refractivity contribution >= 4 is 46.8 Å². The molecule has 31 heavy (non-hydrogen) atoms. The molecule has 0 aliphatic carbocycles. The minimum absolute atomic E-state index is 0.0256. The normalized spacial score (nSPS) is 33.5. The molecule has 1 aromatic rings. The molecule has 6 atom stereocenters. The zero-order valence-electron chi connectivity index (χ0n) is 17.1. The zero-order chi connectivity index (χ0) is 22.5.